The van der Waals surface area contributed by atoms with Gasteiger partial charge in [-0.3, -0.25) is 9.80 Å². The number of aryl methyl sites for hydroxylation is 2. The summed E-state index contributed by atoms with van der Waals surface area (Å²) in [4.78, 5) is 9.04. The molecule has 2 aromatic rings. The fourth-order valence-electron chi connectivity index (χ4n) is 2.63. The summed E-state index contributed by atoms with van der Waals surface area (Å²) < 4.78 is 10.8. The number of hydrogen-bond donors (Lipinski definition) is 0. The fraction of sp³-hybridized carbons (Fsp3) is 0.600. The first kappa shape index (κ1) is 14.3. The minimum absolute atomic E-state index is 0.633. The molecule has 114 valence electrons. The van der Waals surface area contributed by atoms with Gasteiger partial charge in [-0.25, -0.2) is 0 Å². The fourth-order valence-corrected chi connectivity index (χ4v) is 2.63. The average Bonchev–Trinajstić information content (AvgIpc) is 3.10. The van der Waals surface area contributed by atoms with Gasteiger partial charge in [-0.1, -0.05) is 12.1 Å². The van der Waals surface area contributed by atoms with E-state index in [4.69, 9.17) is 8.94 Å². The molecule has 1 fully saturated rings. The van der Waals surface area contributed by atoms with Crippen molar-refractivity contribution in [1.82, 2.24) is 19.9 Å². The molecular weight excluding hydrogens is 268 g/mol. The molecule has 1 aliphatic heterocycles. The number of rotatable bonds is 5. The second-order valence-corrected chi connectivity index (χ2v) is 5.50. The molecule has 2 aromatic heterocycles. The molecule has 0 amide bonds. The number of nitrogens with zero attached hydrogens (tertiary/aromatic N) is 4. The van der Waals surface area contributed by atoms with E-state index in [0.717, 1.165) is 63.0 Å². The van der Waals surface area contributed by atoms with Crippen LogP contribution in [-0.4, -0.2) is 46.1 Å². The number of piperazine rings is 1. The molecule has 0 N–H and O–H groups in total. The van der Waals surface area contributed by atoms with E-state index in [-0.39, 0.29) is 0 Å². The second-order valence-electron chi connectivity index (χ2n) is 5.50. The molecule has 0 saturated carbocycles. The van der Waals surface area contributed by atoms with Crippen molar-refractivity contribution in [3.8, 4) is 0 Å². The van der Waals surface area contributed by atoms with Crippen molar-refractivity contribution < 1.29 is 8.94 Å². The highest BCUT2D eigenvalue weighted by atomic mass is 16.5. The molecular formula is C15H22N4O2. The summed E-state index contributed by atoms with van der Waals surface area (Å²) in [5.41, 5.74) is 0. The zero-order valence-electron chi connectivity index (χ0n) is 12.7. The lowest BCUT2D eigenvalue weighted by Gasteiger charge is -2.33. The minimum Gasteiger partial charge on any atom is -0.465 e. The highest BCUT2D eigenvalue weighted by molar-refractivity contribution is 5.07. The molecule has 0 unspecified atom stereocenters. The predicted octanol–water partition coefficient (Wildman–Crippen LogP) is 1.85. The van der Waals surface area contributed by atoms with Crippen molar-refractivity contribution in [2.24, 2.45) is 0 Å². The Bertz CT molecular complexity index is 570. The van der Waals surface area contributed by atoms with Crippen LogP contribution in [0.2, 0.25) is 0 Å². The van der Waals surface area contributed by atoms with E-state index < -0.39 is 0 Å². The predicted molar refractivity (Wildman–Crippen MR) is 77.7 cm³/mol. The Morgan fingerprint density at radius 1 is 1.05 bits per heavy atom. The van der Waals surface area contributed by atoms with Crippen molar-refractivity contribution >= 4 is 0 Å². The van der Waals surface area contributed by atoms with Crippen molar-refractivity contribution in [3.63, 3.8) is 0 Å². The van der Waals surface area contributed by atoms with E-state index in [1.165, 1.54) is 0 Å². The van der Waals surface area contributed by atoms with Crippen LogP contribution in [0.3, 0.4) is 0 Å². The number of aromatic nitrogens is 2. The van der Waals surface area contributed by atoms with Crippen LogP contribution in [0.25, 0.3) is 0 Å². The summed E-state index contributed by atoms with van der Waals surface area (Å²) in [6.07, 6.45) is 0.956. The maximum absolute atomic E-state index is 5.77. The Morgan fingerprint density at radius 2 is 1.71 bits per heavy atom. The molecule has 1 saturated heterocycles. The lowest BCUT2D eigenvalue weighted by atomic mass is 10.3. The monoisotopic (exact) mass is 290 g/mol. The number of furan rings is 1. The lowest BCUT2D eigenvalue weighted by Crippen LogP contribution is -2.45. The molecule has 6 nitrogen and oxygen atoms in total. The van der Waals surface area contributed by atoms with Crippen LogP contribution in [0.1, 0.15) is 30.2 Å². The van der Waals surface area contributed by atoms with Crippen LogP contribution in [0, 0.1) is 6.92 Å². The van der Waals surface area contributed by atoms with Gasteiger partial charge in [0.1, 0.15) is 11.5 Å². The third kappa shape index (κ3) is 3.71. The Labute approximate surface area is 124 Å². The molecule has 0 aromatic carbocycles. The Hall–Kier alpha value is -1.66. The number of hydrogen-bond acceptors (Lipinski definition) is 6. The molecule has 3 heterocycles. The first-order chi connectivity index (χ1) is 10.2. The quantitative estimate of drug-likeness (QED) is 0.837. The summed E-state index contributed by atoms with van der Waals surface area (Å²) in [5, 5.41) is 3.95. The van der Waals surface area contributed by atoms with Crippen molar-refractivity contribution in [2.45, 2.75) is 33.4 Å². The summed E-state index contributed by atoms with van der Waals surface area (Å²) in [6, 6.07) is 4.16. The van der Waals surface area contributed by atoms with Gasteiger partial charge in [-0.2, -0.15) is 4.98 Å². The van der Waals surface area contributed by atoms with Gasteiger partial charge < -0.3 is 8.94 Å². The highest BCUT2D eigenvalue weighted by Crippen LogP contribution is 2.13. The van der Waals surface area contributed by atoms with Gasteiger partial charge in [0.2, 0.25) is 5.89 Å². The molecule has 0 atom stereocenters. The smallest absolute Gasteiger partial charge is 0.223 e. The van der Waals surface area contributed by atoms with Crippen molar-refractivity contribution in [1.29, 1.82) is 0 Å². The van der Waals surface area contributed by atoms with Gasteiger partial charge >= 0.3 is 0 Å². The Balaban J connectivity index is 1.46. The van der Waals surface area contributed by atoms with Gasteiger partial charge in [-0.15, -0.1) is 0 Å². The van der Waals surface area contributed by atoms with Crippen LogP contribution in [0.4, 0.5) is 0 Å². The summed E-state index contributed by atoms with van der Waals surface area (Å²) in [6.45, 7) is 9.73. The first-order valence-electron chi connectivity index (χ1n) is 7.54. The average molecular weight is 290 g/mol. The van der Waals surface area contributed by atoms with Gasteiger partial charge in [0.25, 0.3) is 0 Å². The summed E-state index contributed by atoms with van der Waals surface area (Å²) >= 11 is 0. The van der Waals surface area contributed by atoms with Crippen molar-refractivity contribution in [2.75, 3.05) is 26.2 Å². The van der Waals surface area contributed by atoms with Crippen LogP contribution < -0.4 is 0 Å². The van der Waals surface area contributed by atoms with Crippen LogP contribution >= 0.6 is 0 Å². The van der Waals surface area contributed by atoms with E-state index in [9.17, 15) is 0 Å². The normalized spacial score (nSPS) is 17.4. The van der Waals surface area contributed by atoms with Gasteiger partial charge in [0, 0.05) is 39.5 Å². The zero-order chi connectivity index (χ0) is 14.7. The molecule has 6 heteroatoms. The van der Waals surface area contributed by atoms with E-state index in [0.29, 0.717) is 5.89 Å². The van der Waals surface area contributed by atoms with Crippen molar-refractivity contribution in [3.05, 3.63) is 35.4 Å². The van der Waals surface area contributed by atoms with E-state index in [2.05, 4.69) is 39.0 Å². The molecule has 0 spiro atoms. The second kappa shape index (κ2) is 6.41. The Morgan fingerprint density at radius 3 is 2.29 bits per heavy atom. The van der Waals surface area contributed by atoms with Crippen LogP contribution in [-0.2, 0) is 19.5 Å². The SMILES string of the molecule is CCc1ccc(CN2CCN(Cc3noc(C)n3)CC2)o1. The van der Waals surface area contributed by atoms with Crippen LogP contribution in [0.5, 0.6) is 0 Å². The van der Waals surface area contributed by atoms with Crippen LogP contribution in [0.15, 0.2) is 21.1 Å². The molecule has 21 heavy (non-hydrogen) atoms. The highest BCUT2D eigenvalue weighted by Gasteiger charge is 2.19. The molecule has 0 bridgehead atoms. The molecule has 0 aliphatic carbocycles. The molecule has 0 radical (unpaired) electrons. The zero-order valence-corrected chi connectivity index (χ0v) is 12.7. The summed E-state index contributed by atoms with van der Waals surface area (Å²) in [5.74, 6) is 3.54. The largest absolute Gasteiger partial charge is 0.465 e. The maximum Gasteiger partial charge on any atom is 0.223 e. The third-order valence-electron chi connectivity index (χ3n) is 3.84. The lowest BCUT2D eigenvalue weighted by molar-refractivity contribution is 0.113. The first-order valence-corrected chi connectivity index (χ1v) is 7.54. The maximum atomic E-state index is 5.77. The standard InChI is InChI=1S/C15H22N4O2/c1-3-13-4-5-14(20-13)10-18-6-8-19(9-7-18)11-15-16-12(2)21-17-15/h4-5H,3,6-11H2,1-2H3. The third-order valence-corrected chi connectivity index (χ3v) is 3.84. The van der Waals surface area contributed by atoms with E-state index >= 15 is 0 Å². The molecule has 3 rings (SSSR count). The summed E-state index contributed by atoms with van der Waals surface area (Å²) in [7, 11) is 0. The van der Waals surface area contributed by atoms with E-state index in [1.54, 1.807) is 0 Å². The van der Waals surface area contributed by atoms with Gasteiger partial charge in [0.05, 0.1) is 13.1 Å². The topological polar surface area (TPSA) is 58.5 Å². The Kier molecular flexibility index (Phi) is 4.36. The van der Waals surface area contributed by atoms with Gasteiger partial charge in [-0.05, 0) is 12.1 Å². The van der Waals surface area contributed by atoms with Gasteiger partial charge in [0.15, 0.2) is 5.82 Å². The minimum atomic E-state index is 0.633. The van der Waals surface area contributed by atoms with E-state index in [1.807, 2.05) is 6.92 Å². The molecule has 1 aliphatic rings.